The van der Waals surface area contributed by atoms with Gasteiger partial charge in [-0.05, 0) is 42.9 Å². The summed E-state index contributed by atoms with van der Waals surface area (Å²) in [6.45, 7) is 6.83. The van der Waals surface area contributed by atoms with Crippen molar-refractivity contribution in [2.45, 2.75) is 46.1 Å². The molecule has 3 heteroatoms. The number of benzene rings is 1. The summed E-state index contributed by atoms with van der Waals surface area (Å²) in [5.74, 6) is 0.610. The molecule has 102 valence electrons. The molecule has 0 aromatic heterocycles. The quantitative estimate of drug-likeness (QED) is 0.806. The van der Waals surface area contributed by atoms with Gasteiger partial charge in [-0.1, -0.05) is 26.8 Å². The lowest BCUT2D eigenvalue weighted by Crippen LogP contribution is -2.21. The third kappa shape index (κ3) is 5.05. The van der Waals surface area contributed by atoms with Crippen LogP contribution in [0, 0.1) is 11.7 Å². The first-order valence-electron chi connectivity index (χ1n) is 6.69. The molecule has 0 fully saturated rings. The summed E-state index contributed by atoms with van der Waals surface area (Å²) in [7, 11) is 0. The fourth-order valence-electron chi connectivity index (χ4n) is 1.64. The van der Waals surface area contributed by atoms with Crippen LogP contribution in [0.1, 0.15) is 39.2 Å². The normalized spacial score (nSPS) is 12.8. The summed E-state index contributed by atoms with van der Waals surface area (Å²) in [5.41, 5.74) is 6.78. The van der Waals surface area contributed by atoms with Crippen LogP contribution in [0.5, 0.6) is 5.75 Å². The molecule has 0 aliphatic carbocycles. The van der Waals surface area contributed by atoms with E-state index < -0.39 is 0 Å². The Balaban J connectivity index is 2.56. The predicted molar refractivity (Wildman–Crippen MR) is 73.3 cm³/mol. The van der Waals surface area contributed by atoms with Gasteiger partial charge in [0.05, 0.1) is 6.61 Å². The first-order chi connectivity index (χ1) is 8.52. The lowest BCUT2D eigenvalue weighted by Gasteiger charge is -2.12. The Bertz CT molecular complexity index is 366. The fourth-order valence-corrected chi connectivity index (χ4v) is 1.64. The Morgan fingerprint density at radius 3 is 2.61 bits per heavy atom. The minimum absolute atomic E-state index is 0.0945. The van der Waals surface area contributed by atoms with Crippen LogP contribution in [0.15, 0.2) is 18.2 Å². The number of nitrogens with two attached hydrogens (primary N) is 1. The molecule has 0 heterocycles. The van der Waals surface area contributed by atoms with Crippen molar-refractivity contribution in [1.29, 1.82) is 0 Å². The van der Waals surface area contributed by atoms with Gasteiger partial charge in [-0.2, -0.15) is 0 Å². The van der Waals surface area contributed by atoms with E-state index in [0.717, 1.165) is 18.4 Å². The summed E-state index contributed by atoms with van der Waals surface area (Å²) >= 11 is 0. The molecule has 0 aliphatic rings. The minimum atomic E-state index is -0.292. The lowest BCUT2D eigenvalue weighted by atomic mass is 10.0. The molecule has 1 aromatic carbocycles. The van der Waals surface area contributed by atoms with Crippen molar-refractivity contribution in [3.05, 3.63) is 29.6 Å². The molecule has 0 saturated carbocycles. The molecule has 18 heavy (non-hydrogen) atoms. The number of rotatable bonds is 7. The van der Waals surface area contributed by atoms with Crippen LogP contribution in [0.3, 0.4) is 0 Å². The van der Waals surface area contributed by atoms with E-state index >= 15 is 0 Å². The summed E-state index contributed by atoms with van der Waals surface area (Å²) in [5, 5.41) is 0. The maximum absolute atomic E-state index is 13.8. The maximum atomic E-state index is 13.8. The molecule has 0 bridgehead atoms. The Hall–Kier alpha value is -1.09. The summed E-state index contributed by atoms with van der Waals surface area (Å²) in [6, 6.07) is 5.22. The molecule has 0 saturated heterocycles. The molecule has 2 nitrogen and oxygen atoms in total. The number of hydrogen-bond acceptors (Lipinski definition) is 2. The second kappa shape index (κ2) is 7.37. The van der Waals surface area contributed by atoms with E-state index in [9.17, 15) is 4.39 Å². The van der Waals surface area contributed by atoms with E-state index in [1.807, 2.05) is 13.0 Å². The first-order valence-corrected chi connectivity index (χ1v) is 6.69. The number of halogens is 1. The summed E-state index contributed by atoms with van der Waals surface area (Å²) < 4.78 is 19.2. The van der Waals surface area contributed by atoms with E-state index in [4.69, 9.17) is 10.5 Å². The Labute approximate surface area is 109 Å². The first kappa shape index (κ1) is 15.0. The van der Waals surface area contributed by atoms with Crippen LogP contribution in [0.25, 0.3) is 0 Å². The molecular weight excluding hydrogens is 229 g/mol. The lowest BCUT2D eigenvalue weighted by molar-refractivity contribution is 0.276. The zero-order chi connectivity index (χ0) is 13.5. The zero-order valence-corrected chi connectivity index (χ0v) is 11.6. The van der Waals surface area contributed by atoms with E-state index in [-0.39, 0.29) is 11.9 Å². The molecule has 1 aromatic rings. The number of hydrogen-bond donors (Lipinski definition) is 1. The molecule has 2 N–H and O–H groups in total. The van der Waals surface area contributed by atoms with Gasteiger partial charge < -0.3 is 10.5 Å². The van der Waals surface area contributed by atoms with Crippen molar-refractivity contribution in [2.24, 2.45) is 11.7 Å². The molecule has 1 rings (SSSR count). The fraction of sp³-hybridized carbons (Fsp3) is 0.600. The van der Waals surface area contributed by atoms with Crippen LogP contribution in [0.2, 0.25) is 0 Å². The van der Waals surface area contributed by atoms with Gasteiger partial charge in [0.2, 0.25) is 0 Å². The average molecular weight is 253 g/mol. The highest BCUT2D eigenvalue weighted by atomic mass is 19.1. The largest absolute Gasteiger partial charge is 0.491 e. The Morgan fingerprint density at radius 2 is 2.06 bits per heavy atom. The topological polar surface area (TPSA) is 35.2 Å². The smallest absolute Gasteiger partial charge is 0.165 e. The third-order valence-corrected chi connectivity index (χ3v) is 2.97. The molecule has 0 amide bonds. The molecular formula is C15H24FNO. The molecule has 0 radical (unpaired) electrons. The average Bonchev–Trinajstić information content (AvgIpc) is 2.31. The Kier molecular flexibility index (Phi) is 6.13. The third-order valence-electron chi connectivity index (χ3n) is 2.97. The van der Waals surface area contributed by atoms with Gasteiger partial charge in [0, 0.05) is 6.04 Å². The monoisotopic (exact) mass is 253 g/mol. The van der Waals surface area contributed by atoms with Crippen molar-refractivity contribution in [3.8, 4) is 5.75 Å². The van der Waals surface area contributed by atoms with Crippen LogP contribution < -0.4 is 10.5 Å². The van der Waals surface area contributed by atoms with E-state index in [0.29, 0.717) is 24.7 Å². The van der Waals surface area contributed by atoms with Crippen molar-refractivity contribution >= 4 is 0 Å². The zero-order valence-electron chi connectivity index (χ0n) is 11.6. The van der Waals surface area contributed by atoms with Crippen LogP contribution in [-0.2, 0) is 6.42 Å². The predicted octanol–water partition coefficient (Wildman–Crippen LogP) is 3.53. The summed E-state index contributed by atoms with van der Waals surface area (Å²) in [6.07, 6.45) is 2.54. The SMILES string of the molecule is CCC(N)Cc1ccc(OCCC(C)C)c(F)c1. The number of ether oxygens (including phenoxy) is 1. The van der Waals surface area contributed by atoms with Crippen molar-refractivity contribution in [3.63, 3.8) is 0 Å². The van der Waals surface area contributed by atoms with Gasteiger partial charge in [0.25, 0.3) is 0 Å². The van der Waals surface area contributed by atoms with Gasteiger partial charge in [-0.25, -0.2) is 4.39 Å². The van der Waals surface area contributed by atoms with Crippen molar-refractivity contribution in [1.82, 2.24) is 0 Å². The molecule has 1 atom stereocenters. The molecule has 0 spiro atoms. The minimum Gasteiger partial charge on any atom is -0.491 e. The van der Waals surface area contributed by atoms with Gasteiger partial charge in [-0.3, -0.25) is 0 Å². The van der Waals surface area contributed by atoms with Crippen LogP contribution >= 0.6 is 0 Å². The van der Waals surface area contributed by atoms with E-state index in [1.54, 1.807) is 6.07 Å². The highest BCUT2D eigenvalue weighted by Crippen LogP contribution is 2.20. The van der Waals surface area contributed by atoms with E-state index in [2.05, 4.69) is 13.8 Å². The highest BCUT2D eigenvalue weighted by molar-refractivity contribution is 5.29. The standard InChI is InChI=1S/C15H24FNO/c1-4-13(17)9-12-5-6-15(14(16)10-12)18-8-7-11(2)3/h5-6,10-11,13H,4,7-9,17H2,1-3H3. The molecule has 1 unspecified atom stereocenters. The van der Waals surface area contributed by atoms with Gasteiger partial charge in [0.1, 0.15) is 0 Å². The van der Waals surface area contributed by atoms with Gasteiger partial charge in [0.15, 0.2) is 11.6 Å². The van der Waals surface area contributed by atoms with Crippen LogP contribution in [-0.4, -0.2) is 12.6 Å². The Morgan fingerprint density at radius 1 is 1.33 bits per heavy atom. The summed E-state index contributed by atoms with van der Waals surface area (Å²) in [4.78, 5) is 0. The maximum Gasteiger partial charge on any atom is 0.165 e. The highest BCUT2D eigenvalue weighted by Gasteiger charge is 2.07. The molecule has 0 aliphatic heterocycles. The van der Waals surface area contributed by atoms with Crippen molar-refractivity contribution in [2.75, 3.05) is 6.61 Å². The van der Waals surface area contributed by atoms with E-state index in [1.165, 1.54) is 6.07 Å². The van der Waals surface area contributed by atoms with Gasteiger partial charge in [-0.15, -0.1) is 0 Å². The second-order valence-electron chi connectivity index (χ2n) is 5.17. The van der Waals surface area contributed by atoms with Crippen LogP contribution in [0.4, 0.5) is 4.39 Å². The second-order valence-corrected chi connectivity index (χ2v) is 5.17. The van der Waals surface area contributed by atoms with Crippen molar-refractivity contribution < 1.29 is 9.13 Å². The van der Waals surface area contributed by atoms with Gasteiger partial charge >= 0.3 is 0 Å².